The number of carbonyl (C=O) groups excluding carboxylic acids is 2. The average Bonchev–Trinajstić information content (AvgIpc) is 3.06. The molecule has 0 aromatic heterocycles. The lowest BCUT2D eigenvalue weighted by Crippen LogP contribution is -2.23. The molecule has 6 heteroatoms. The fourth-order valence-corrected chi connectivity index (χ4v) is 2.69. The zero-order valence-electron chi connectivity index (χ0n) is 14.0. The molecule has 0 aliphatic carbocycles. The molecule has 0 spiro atoms. The van der Waals surface area contributed by atoms with Gasteiger partial charge in [-0.2, -0.15) is 0 Å². The van der Waals surface area contributed by atoms with Crippen LogP contribution < -0.4 is 19.7 Å². The van der Waals surface area contributed by atoms with E-state index in [1.165, 1.54) is 0 Å². The Kier molecular flexibility index (Phi) is 5.18. The van der Waals surface area contributed by atoms with E-state index < -0.39 is 0 Å². The third-order valence-electron chi connectivity index (χ3n) is 3.95. The summed E-state index contributed by atoms with van der Waals surface area (Å²) in [5.74, 6) is 1.14. The highest BCUT2D eigenvalue weighted by Gasteiger charge is 2.21. The van der Waals surface area contributed by atoms with E-state index in [2.05, 4.69) is 5.32 Å². The van der Waals surface area contributed by atoms with Crippen LogP contribution in [0.25, 0.3) is 0 Å². The van der Waals surface area contributed by atoms with Crippen LogP contribution in [0.4, 0.5) is 11.4 Å². The highest BCUT2D eigenvalue weighted by atomic mass is 16.5. The summed E-state index contributed by atoms with van der Waals surface area (Å²) in [5.41, 5.74) is 1.51. The van der Waals surface area contributed by atoms with Crippen molar-refractivity contribution in [2.75, 3.05) is 30.5 Å². The van der Waals surface area contributed by atoms with Gasteiger partial charge in [-0.25, -0.2) is 0 Å². The van der Waals surface area contributed by atoms with Gasteiger partial charge >= 0.3 is 0 Å². The molecule has 0 radical (unpaired) electrons. The zero-order valence-corrected chi connectivity index (χ0v) is 14.0. The summed E-state index contributed by atoms with van der Waals surface area (Å²) in [6.45, 7) is 0.654. The van der Waals surface area contributed by atoms with Crippen molar-refractivity contribution in [2.24, 2.45) is 0 Å². The molecular formula is C19H20N2O4. The molecule has 1 N–H and O–H groups in total. The van der Waals surface area contributed by atoms with Crippen LogP contribution in [-0.2, 0) is 9.59 Å². The molecule has 0 bridgehead atoms. The maximum atomic E-state index is 12.0. The average molecular weight is 340 g/mol. The first kappa shape index (κ1) is 16.8. The number of nitrogens with one attached hydrogen (secondary N) is 1. The molecule has 25 heavy (non-hydrogen) atoms. The second kappa shape index (κ2) is 7.70. The summed E-state index contributed by atoms with van der Waals surface area (Å²) in [6, 6.07) is 14.3. The number of anilines is 2. The Labute approximate surface area is 146 Å². The number of carbonyl (C=O) groups is 2. The number of hydrogen-bond donors (Lipinski definition) is 1. The number of ether oxygens (including phenoxy) is 2. The molecule has 3 rings (SSSR count). The van der Waals surface area contributed by atoms with Crippen LogP contribution >= 0.6 is 0 Å². The lowest BCUT2D eigenvalue weighted by atomic mass is 10.3. The second-order valence-electron chi connectivity index (χ2n) is 5.71. The van der Waals surface area contributed by atoms with E-state index in [9.17, 15) is 9.59 Å². The van der Waals surface area contributed by atoms with Crippen LogP contribution in [0.3, 0.4) is 0 Å². The highest BCUT2D eigenvalue weighted by molar-refractivity contribution is 5.95. The Hall–Kier alpha value is -3.02. The van der Waals surface area contributed by atoms with Crippen molar-refractivity contribution < 1.29 is 19.1 Å². The molecule has 6 nitrogen and oxygen atoms in total. The minimum absolute atomic E-state index is 0.0980. The Bertz CT molecular complexity index is 758. The predicted octanol–water partition coefficient (Wildman–Crippen LogP) is 2.84. The zero-order chi connectivity index (χ0) is 17.6. The Morgan fingerprint density at radius 1 is 1.16 bits per heavy atom. The van der Waals surface area contributed by atoms with Gasteiger partial charge in [0.15, 0.2) is 6.61 Å². The predicted molar refractivity (Wildman–Crippen MR) is 95.1 cm³/mol. The number of benzene rings is 2. The summed E-state index contributed by atoms with van der Waals surface area (Å²) in [5, 5.41) is 2.75. The lowest BCUT2D eigenvalue weighted by Gasteiger charge is -2.16. The van der Waals surface area contributed by atoms with Crippen LogP contribution in [0, 0.1) is 0 Å². The Balaban J connectivity index is 1.52. The van der Waals surface area contributed by atoms with E-state index in [1.807, 2.05) is 12.1 Å². The van der Waals surface area contributed by atoms with Crippen LogP contribution in [0.5, 0.6) is 11.5 Å². The van der Waals surface area contributed by atoms with Gasteiger partial charge in [0.1, 0.15) is 11.5 Å². The van der Waals surface area contributed by atoms with E-state index in [0.717, 1.165) is 18.7 Å². The second-order valence-corrected chi connectivity index (χ2v) is 5.71. The van der Waals surface area contributed by atoms with Crippen LogP contribution in [0.1, 0.15) is 12.8 Å². The molecule has 1 saturated heterocycles. The molecular weight excluding hydrogens is 320 g/mol. The quantitative estimate of drug-likeness (QED) is 0.878. The van der Waals surface area contributed by atoms with Crippen molar-refractivity contribution in [2.45, 2.75) is 12.8 Å². The van der Waals surface area contributed by atoms with Gasteiger partial charge in [0.05, 0.1) is 7.11 Å². The summed E-state index contributed by atoms with van der Waals surface area (Å²) >= 11 is 0. The fraction of sp³-hybridized carbons (Fsp3) is 0.263. The minimum atomic E-state index is -0.257. The van der Waals surface area contributed by atoms with E-state index >= 15 is 0 Å². The summed E-state index contributed by atoms with van der Waals surface area (Å²) in [4.78, 5) is 25.5. The summed E-state index contributed by atoms with van der Waals surface area (Å²) in [6.07, 6.45) is 1.49. The van der Waals surface area contributed by atoms with Gasteiger partial charge in [-0.15, -0.1) is 0 Å². The van der Waals surface area contributed by atoms with Crippen molar-refractivity contribution >= 4 is 23.2 Å². The fourth-order valence-electron chi connectivity index (χ4n) is 2.69. The molecule has 2 aromatic carbocycles. The van der Waals surface area contributed by atoms with E-state index in [-0.39, 0.29) is 18.4 Å². The van der Waals surface area contributed by atoms with Gasteiger partial charge in [0, 0.05) is 30.4 Å². The maximum Gasteiger partial charge on any atom is 0.262 e. The van der Waals surface area contributed by atoms with Crippen molar-refractivity contribution in [3.05, 3.63) is 48.5 Å². The minimum Gasteiger partial charge on any atom is -0.497 e. The van der Waals surface area contributed by atoms with Crippen molar-refractivity contribution in [1.29, 1.82) is 0 Å². The summed E-state index contributed by atoms with van der Waals surface area (Å²) in [7, 11) is 1.57. The molecule has 0 saturated carbocycles. The number of rotatable bonds is 6. The number of nitrogens with zero attached hydrogens (tertiary/aromatic N) is 1. The number of amides is 2. The molecule has 130 valence electrons. The van der Waals surface area contributed by atoms with Crippen molar-refractivity contribution in [3.63, 3.8) is 0 Å². The largest absolute Gasteiger partial charge is 0.497 e. The standard InChI is InChI=1S/C19H20N2O4/c1-24-17-5-2-4-14(12-17)20-18(22)13-25-16-9-7-15(8-10-16)21-11-3-6-19(21)23/h2,4-5,7-10,12H,3,6,11,13H2,1H3,(H,20,22). The number of hydrogen-bond acceptors (Lipinski definition) is 4. The molecule has 1 heterocycles. The van der Waals surface area contributed by atoms with Gasteiger partial charge in [-0.3, -0.25) is 9.59 Å². The number of methoxy groups -OCH3 is 1. The molecule has 1 aliphatic rings. The van der Waals surface area contributed by atoms with Gasteiger partial charge in [-0.05, 0) is 42.8 Å². The van der Waals surface area contributed by atoms with Crippen LogP contribution in [0.2, 0.25) is 0 Å². The topological polar surface area (TPSA) is 67.9 Å². The monoisotopic (exact) mass is 340 g/mol. The smallest absolute Gasteiger partial charge is 0.262 e. The molecule has 2 amide bonds. The van der Waals surface area contributed by atoms with Crippen molar-refractivity contribution in [1.82, 2.24) is 0 Å². The normalized spacial score (nSPS) is 13.6. The van der Waals surface area contributed by atoms with Crippen LogP contribution in [-0.4, -0.2) is 32.1 Å². The summed E-state index contributed by atoms with van der Waals surface area (Å²) < 4.78 is 10.6. The first-order chi connectivity index (χ1) is 12.2. The third-order valence-corrected chi connectivity index (χ3v) is 3.95. The van der Waals surface area contributed by atoms with Gasteiger partial charge in [-0.1, -0.05) is 6.07 Å². The Morgan fingerprint density at radius 3 is 2.64 bits per heavy atom. The lowest BCUT2D eigenvalue weighted by molar-refractivity contribution is -0.118. The van der Waals surface area contributed by atoms with E-state index in [1.54, 1.807) is 48.4 Å². The van der Waals surface area contributed by atoms with Crippen molar-refractivity contribution in [3.8, 4) is 11.5 Å². The van der Waals surface area contributed by atoms with Gasteiger partial charge < -0.3 is 19.7 Å². The molecule has 2 aromatic rings. The van der Waals surface area contributed by atoms with Gasteiger partial charge in [0.25, 0.3) is 5.91 Å². The molecule has 1 fully saturated rings. The van der Waals surface area contributed by atoms with Gasteiger partial charge in [0.2, 0.25) is 5.91 Å². The molecule has 0 unspecified atom stereocenters. The Morgan fingerprint density at radius 2 is 1.96 bits per heavy atom. The first-order valence-electron chi connectivity index (χ1n) is 8.13. The SMILES string of the molecule is COc1cccc(NC(=O)COc2ccc(N3CCCC3=O)cc2)c1. The molecule has 1 aliphatic heterocycles. The third kappa shape index (κ3) is 4.29. The van der Waals surface area contributed by atoms with E-state index in [0.29, 0.717) is 23.6 Å². The highest BCUT2D eigenvalue weighted by Crippen LogP contribution is 2.24. The van der Waals surface area contributed by atoms with Crippen LogP contribution in [0.15, 0.2) is 48.5 Å². The van der Waals surface area contributed by atoms with E-state index in [4.69, 9.17) is 9.47 Å². The maximum absolute atomic E-state index is 12.0. The molecule has 0 atom stereocenters. The first-order valence-corrected chi connectivity index (χ1v) is 8.13.